The summed E-state index contributed by atoms with van der Waals surface area (Å²) in [7, 11) is 0. The predicted octanol–water partition coefficient (Wildman–Crippen LogP) is 3.22. The summed E-state index contributed by atoms with van der Waals surface area (Å²) in [4.78, 5) is 23.3. The third-order valence-electron chi connectivity index (χ3n) is 2.56. The second kappa shape index (κ2) is 5.80. The highest BCUT2D eigenvalue weighted by Crippen LogP contribution is 2.23. The Morgan fingerprint density at radius 2 is 1.84 bits per heavy atom. The molecule has 104 valence electrons. The third-order valence-corrected chi connectivity index (χ3v) is 3.13. The molecule has 0 radical (unpaired) electrons. The summed E-state index contributed by atoms with van der Waals surface area (Å²) in [6.07, 6.45) is 0. The molecule has 0 bridgehead atoms. The van der Waals surface area contributed by atoms with Crippen molar-refractivity contribution in [3.05, 3.63) is 33.8 Å². The van der Waals surface area contributed by atoms with Gasteiger partial charge in [0.05, 0.1) is 10.6 Å². The molecule has 2 N–H and O–H groups in total. The van der Waals surface area contributed by atoms with Crippen molar-refractivity contribution in [3.63, 3.8) is 0 Å². The highest BCUT2D eigenvalue weighted by Gasteiger charge is 2.33. The van der Waals surface area contributed by atoms with Crippen LogP contribution in [0.5, 0.6) is 0 Å². The van der Waals surface area contributed by atoms with Crippen LogP contribution in [-0.2, 0) is 4.79 Å². The van der Waals surface area contributed by atoms with Crippen LogP contribution in [0.3, 0.4) is 0 Å². The molecule has 1 atom stereocenters. The van der Waals surface area contributed by atoms with E-state index in [1.165, 1.54) is 12.1 Å². The maximum absolute atomic E-state index is 12.1. The van der Waals surface area contributed by atoms with Crippen molar-refractivity contribution in [2.45, 2.75) is 26.8 Å². The van der Waals surface area contributed by atoms with E-state index in [1.54, 1.807) is 26.8 Å². The van der Waals surface area contributed by atoms with E-state index in [9.17, 15) is 9.59 Å². The number of carboxylic acid groups (broad SMARTS) is 1. The highest BCUT2D eigenvalue weighted by atomic mass is 35.5. The Morgan fingerprint density at radius 1 is 1.26 bits per heavy atom. The Hall–Kier alpha value is -1.26. The number of carbonyl (C=O) groups is 2. The zero-order valence-corrected chi connectivity index (χ0v) is 12.3. The molecular formula is C13H15Cl2NO3. The number of carboxylic acids is 1. The summed E-state index contributed by atoms with van der Waals surface area (Å²) in [5.74, 6) is -1.66. The minimum atomic E-state index is -1.10. The molecule has 0 saturated heterocycles. The summed E-state index contributed by atoms with van der Waals surface area (Å²) < 4.78 is 0. The maximum atomic E-state index is 12.1. The number of amides is 1. The standard InChI is InChI=1S/C13H15Cl2NO3/c1-13(2,3)10(12(18)19)16-11(17)8-6-7(14)4-5-9(8)15/h4-6,10H,1-3H3,(H,16,17)(H,18,19). The van der Waals surface area contributed by atoms with Gasteiger partial charge in [0.15, 0.2) is 0 Å². The van der Waals surface area contributed by atoms with Crippen LogP contribution in [0.15, 0.2) is 18.2 Å². The molecule has 0 aromatic heterocycles. The van der Waals surface area contributed by atoms with Gasteiger partial charge in [-0.15, -0.1) is 0 Å². The Balaban J connectivity index is 3.01. The summed E-state index contributed by atoms with van der Waals surface area (Å²) in [5.41, 5.74) is -0.461. The first-order valence-electron chi connectivity index (χ1n) is 5.61. The highest BCUT2D eigenvalue weighted by molar-refractivity contribution is 6.35. The van der Waals surface area contributed by atoms with Crippen molar-refractivity contribution < 1.29 is 14.7 Å². The van der Waals surface area contributed by atoms with Gasteiger partial charge in [-0.3, -0.25) is 4.79 Å². The van der Waals surface area contributed by atoms with Gasteiger partial charge in [-0.1, -0.05) is 44.0 Å². The molecule has 1 aromatic rings. The predicted molar refractivity (Wildman–Crippen MR) is 74.8 cm³/mol. The fraction of sp³-hybridized carbons (Fsp3) is 0.385. The van der Waals surface area contributed by atoms with Gasteiger partial charge < -0.3 is 10.4 Å². The van der Waals surface area contributed by atoms with Gasteiger partial charge in [-0.05, 0) is 23.6 Å². The zero-order chi connectivity index (χ0) is 14.8. The molecule has 0 saturated carbocycles. The van der Waals surface area contributed by atoms with Gasteiger partial charge in [0.1, 0.15) is 6.04 Å². The lowest BCUT2D eigenvalue weighted by molar-refractivity contribution is -0.142. The van der Waals surface area contributed by atoms with Crippen LogP contribution in [0.4, 0.5) is 0 Å². The van der Waals surface area contributed by atoms with Crippen molar-refractivity contribution in [1.29, 1.82) is 0 Å². The van der Waals surface area contributed by atoms with Crippen LogP contribution in [0.1, 0.15) is 31.1 Å². The maximum Gasteiger partial charge on any atom is 0.326 e. The molecule has 0 aliphatic carbocycles. The lowest BCUT2D eigenvalue weighted by Crippen LogP contribution is -2.49. The third kappa shape index (κ3) is 4.11. The Kier molecular flexibility index (Phi) is 4.82. The second-order valence-electron chi connectivity index (χ2n) is 5.23. The van der Waals surface area contributed by atoms with E-state index < -0.39 is 23.3 Å². The van der Waals surface area contributed by atoms with Crippen LogP contribution in [0.2, 0.25) is 10.0 Å². The summed E-state index contributed by atoms with van der Waals surface area (Å²) in [6, 6.07) is 3.43. The normalized spacial score (nSPS) is 12.9. The molecule has 0 fully saturated rings. The number of nitrogens with one attached hydrogen (secondary N) is 1. The largest absolute Gasteiger partial charge is 0.480 e. The topological polar surface area (TPSA) is 66.4 Å². The van der Waals surface area contributed by atoms with E-state index in [-0.39, 0.29) is 10.6 Å². The summed E-state index contributed by atoms with van der Waals surface area (Å²) >= 11 is 11.7. The molecular weight excluding hydrogens is 289 g/mol. The minimum absolute atomic E-state index is 0.157. The van der Waals surface area contributed by atoms with Crippen molar-refractivity contribution in [2.24, 2.45) is 5.41 Å². The van der Waals surface area contributed by atoms with Crippen LogP contribution >= 0.6 is 23.2 Å². The Morgan fingerprint density at radius 3 is 2.32 bits per heavy atom. The minimum Gasteiger partial charge on any atom is -0.480 e. The number of halogens is 2. The van der Waals surface area contributed by atoms with Gasteiger partial charge in [0.2, 0.25) is 0 Å². The molecule has 1 aromatic carbocycles. The quantitative estimate of drug-likeness (QED) is 0.901. The van der Waals surface area contributed by atoms with Crippen molar-refractivity contribution in [3.8, 4) is 0 Å². The van der Waals surface area contributed by atoms with Gasteiger partial charge in [-0.2, -0.15) is 0 Å². The molecule has 1 unspecified atom stereocenters. The Labute approximate surface area is 121 Å². The number of carbonyl (C=O) groups excluding carboxylic acids is 1. The number of benzene rings is 1. The van der Waals surface area contributed by atoms with Crippen LogP contribution in [0.25, 0.3) is 0 Å². The fourth-order valence-electron chi connectivity index (χ4n) is 1.53. The van der Waals surface area contributed by atoms with E-state index in [4.69, 9.17) is 28.3 Å². The molecule has 19 heavy (non-hydrogen) atoms. The van der Waals surface area contributed by atoms with Crippen molar-refractivity contribution >= 4 is 35.1 Å². The van der Waals surface area contributed by atoms with Gasteiger partial charge >= 0.3 is 5.97 Å². The smallest absolute Gasteiger partial charge is 0.326 e. The summed E-state index contributed by atoms with van der Waals surface area (Å²) in [6.45, 7) is 5.18. The molecule has 1 amide bonds. The van der Waals surface area contributed by atoms with E-state index in [1.807, 2.05) is 0 Å². The first-order valence-corrected chi connectivity index (χ1v) is 6.37. The van der Waals surface area contributed by atoms with Crippen LogP contribution < -0.4 is 5.32 Å². The molecule has 6 heteroatoms. The van der Waals surface area contributed by atoms with Crippen LogP contribution in [0, 0.1) is 5.41 Å². The second-order valence-corrected chi connectivity index (χ2v) is 6.08. The van der Waals surface area contributed by atoms with Crippen LogP contribution in [-0.4, -0.2) is 23.0 Å². The van der Waals surface area contributed by atoms with E-state index in [2.05, 4.69) is 5.32 Å². The fourth-order valence-corrected chi connectivity index (χ4v) is 1.90. The summed E-state index contributed by atoms with van der Waals surface area (Å²) in [5, 5.41) is 12.2. The zero-order valence-electron chi connectivity index (χ0n) is 10.8. The van der Waals surface area contributed by atoms with E-state index in [0.29, 0.717) is 5.02 Å². The molecule has 0 aliphatic heterocycles. The van der Waals surface area contributed by atoms with Crippen molar-refractivity contribution in [1.82, 2.24) is 5.32 Å². The average molecular weight is 304 g/mol. The SMILES string of the molecule is CC(C)(C)C(NC(=O)c1cc(Cl)ccc1Cl)C(=O)O. The lowest BCUT2D eigenvalue weighted by Gasteiger charge is -2.27. The first-order chi connectivity index (χ1) is 8.62. The number of rotatable bonds is 3. The number of hydrogen-bond donors (Lipinski definition) is 2. The monoisotopic (exact) mass is 303 g/mol. The molecule has 0 aliphatic rings. The van der Waals surface area contributed by atoms with Crippen molar-refractivity contribution in [2.75, 3.05) is 0 Å². The van der Waals surface area contributed by atoms with E-state index >= 15 is 0 Å². The molecule has 0 heterocycles. The first kappa shape index (κ1) is 15.8. The molecule has 4 nitrogen and oxygen atoms in total. The van der Waals surface area contributed by atoms with Gasteiger partial charge in [0, 0.05) is 5.02 Å². The van der Waals surface area contributed by atoms with Gasteiger partial charge in [-0.25, -0.2) is 4.79 Å². The Bertz CT molecular complexity index is 509. The average Bonchev–Trinajstić information content (AvgIpc) is 2.26. The molecule has 0 spiro atoms. The molecule has 1 rings (SSSR count). The van der Waals surface area contributed by atoms with Gasteiger partial charge in [0.25, 0.3) is 5.91 Å². The number of hydrogen-bond acceptors (Lipinski definition) is 2. The number of aliphatic carboxylic acids is 1. The van der Waals surface area contributed by atoms with E-state index in [0.717, 1.165) is 0 Å². The lowest BCUT2D eigenvalue weighted by atomic mass is 9.86.